The van der Waals surface area contributed by atoms with E-state index in [1.807, 2.05) is 6.92 Å². The van der Waals surface area contributed by atoms with Gasteiger partial charge in [-0.05, 0) is 30.2 Å². The Labute approximate surface area is 124 Å². The first-order chi connectivity index (χ1) is 9.88. The molecule has 0 aliphatic carbocycles. The van der Waals surface area contributed by atoms with Gasteiger partial charge in [0.2, 0.25) is 10.0 Å². The van der Waals surface area contributed by atoms with Crippen LogP contribution in [0.25, 0.3) is 6.08 Å². The predicted molar refractivity (Wildman–Crippen MR) is 82.0 cm³/mol. The van der Waals surface area contributed by atoms with E-state index in [0.29, 0.717) is 23.4 Å². The van der Waals surface area contributed by atoms with E-state index in [1.54, 1.807) is 12.1 Å². The summed E-state index contributed by atoms with van der Waals surface area (Å²) in [6.07, 6.45) is 3.71. The fraction of sp³-hybridized carbons (Fsp3) is 0.357. The van der Waals surface area contributed by atoms with Gasteiger partial charge in [0.25, 0.3) is 0 Å². The minimum absolute atomic E-state index is 0.0296. The maximum atomic E-state index is 11.9. The van der Waals surface area contributed by atoms with Crippen molar-refractivity contribution in [2.75, 3.05) is 17.6 Å². The third kappa shape index (κ3) is 5.86. The summed E-state index contributed by atoms with van der Waals surface area (Å²) in [5.74, 6) is -0.666. The van der Waals surface area contributed by atoms with Gasteiger partial charge in [-0.15, -0.1) is 0 Å². The number of benzene rings is 1. The maximum absolute atomic E-state index is 11.9. The number of aliphatic carboxylic acids is 1. The average Bonchev–Trinajstić information content (AvgIpc) is 2.43. The van der Waals surface area contributed by atoms with Crippen LogP contribution in [0.3, 0.4) is 0 Å². The zero-order valence-corrected chi connectivity index (χ0v) is 12.8. The van der Waals surface area contributed by atoms with E-state index in [0.717, 1.165) is 12.5 Å². The number of hydrogen-bond donors (Lipinski definition) is 2. The SMILES string of the molecule is CCCCS(=O)(=O)Nc1cc(C=CC(=O)O)ccc1OC. The summed E-state index contributed by atoms with van der Waals surface area (Å²) in [6, 6.07) is 4.75. The first kappa shape index (κ1) is 17.0. The quantitative estimate of drug-likeness (QED) is 0.719. The molecule has 1 aromatic rings. The van der Waals surface area contributed by atoms with Crippen molar-refractivity contribution in [1.29, 1.82) is 0 Å². The van der Waals surface area contributed by atoms with Gasteiger partial charge in [0, 0.05) is 6.08 Å². The van der Waals surface area contributed by atoms with Crippen LogP contribution in [-0.4, -0.2) is 32.4 Å². The zero-order chi connectivity index (χ0) is 15.9. The molecule has 2 N–H and O–H groups in total. The number of rotatable bonds is 8. The third-order valence-corrected chi connectivity index (χ3v) is 4.03. The normalized spacial score (nSPS) is 11.5. The van der Waals surface area contributed by atoms with Crippen molar-refractivity contribution in [3.8, 4) is 5.75 Å². The molecule has 0 aromatic heterocycles. The summed E-state index contributed by atoms with van der Waals surface area (Å²) in [6.45, 7) is 1.91. The summed E-state index contributed by atoms with van der Waals surface area (Å²) in [4.78, 5) is 10.5. The van der Waals surface area contributed by atoms with Crippen molar-refractivity contribution in [3.05, 3.63) is 29.8 Å². The smallest absolute Gasteiger partial charge is 0.328 e. The molecule has 116 valence electrons. The molecule has 1 rings (SSSR count). The lowest BCUT2D eigenvalue weighted by atomic mass is 10.2. The number of carboxylic acid groups (broad SMARTS) is 1. The molecule has 0 saturated carbocycles. The Bertz CT molecular complexity index is 622. The highest BCUT2D eigenvalue weighted by atomic mass is 32.2. The molecule has 7 heteroatoms. The number of ether oxygens (including phenoxy) is 1. The molecular weight excluding hydrogens is 294 g/mol. The van der Waals surface area contributed by atoms with Crippen LogP contribution < -0.4 is 9.46 Å². The summed E-state index contributed by atoms with van der Waals surface area (Å²) in [5, 5.41) is 8.61. The van der Waals surface area contributed by atoms with Gasteiger partial charge in [-0.3, -0.25) is 4.72 Å². The Morgan fingerprint density at radius 2 is 2.14 bits per heavy atom. The number of carbonyl (C=O) groups is 1. The van der Waals surface area contributed by atoms with Crippen molar-refractivity contribution < 1.29 is 23.1 Å². The summed E-state index contributed by atoms with van der Waals surface area (Å²) in [7, 11) is -2.01. The van der Waals surface area contributed by atoms with Gasteiger partial charge in [0.05, 0.1) is 18.6 Å². The van der Waals surface area contributed by atoms with Gasteiger partial charge < -0.3 is 9.84 Å². The topological polar surface area (TPSA) is 92.7 Å². The molecule has 21 heavy (non-hydrogen) atoms. The standard InChI is InChI=1S/C14H19NO5S/c1-3-4-9-21(18,19)15-12-10-11(6-8-14(16)17)5-7-13(12)20-2/h5-8,10,15H,3-4,9H2,1-2H3,(H,16,17). The third-order valence-electron chi connectivity index (χ3n) is 2.67. The zero-order valence-electron chi connectivity index (χ0n) is 12.0. The van der Waals surface area contributed by atoms with Crippen molar-refractivity contribution in [2.24, 2.45) is 0 Å². The number of methoxy groups -OCH3 is 1. The van der Waals surface area contributed by atoms with Crippen LogP contribution >= 0.6 is 0 Å². The highest BCUT2D eigenvalue weighted by Gasteiger charge is 2.13. The van der Waals surface area contributed by atoms with Gasteiger partial charge in [0.15, 0.2) is 0 Å². The second kappa shape index (κ2) is 7.68. The molecule has 0 amide bonds. The van der Waals surface area contributed by atoms with Crippen LogP contribution in [0, 0.1) is 0 Å². The van der Waals surface area contributed by atoms with E-state index in [-0.39, 0.29) is 5.75 Å². The van der Waals surface area contributed by atoms with Gasteiger partial charge >= 0.3 is 5.97 Å². The Hall–Kier alpha value is -2.02. The van der Waals surface area contributed by atoms with E-state index in [2.05, 4.69) is 4.72 Å². The maximum Gasteiger partial charge on any atom is 0.328 e. The molecular formula is C14H19NO5S. The second-order valence-electron chi connectivity index (χ2n) is 4.41. The Morgan fingerprint density at radius 3 is 2.71 bits per heavy atom. The predicted octanol–water partition coefficient (Wildman–Crippen LogP) is 2.33. The molecule has 0 radical (unpaired) electrons. The van der Waals surface area contributed by atoms with Crippen molar-refractivity contribution >= 4 is 27.8 Å². The Balaban J connectivity index is 3.03. The highest BCUT2D eigenvalue weighted by Crippen LogP contribution is 2.27. The van der Waals surface area contributed by atoms with Crippen LogP contribution in [0.2, 0.25) is 0 Å². The van der Waals surface area contributed by atoms with E-state index in [9.17, 15) is 13.2 Å². The van der Waals surface area contributed by atoms with Gasteiger partial charge in [-0.2, -0.15) is 0 Å². The summed E-state index contributed by atoms with van der Waals surface area (Å²) < 4.78 is 31.4. The first-order valence-electron chi connectivity index (χ1n) is 6.47. The monoisotopic (exact) mass is 313 g/mol. The summed E-state index contributed by atoms with van der Waals surface area (Å²) >= 11 is 0. The minimum atomic E-state index is -3.45. The van der Waals surface area contributed by atoms with Gasteiger partial charge in [-0.25, -0.2) is 13.2 Å². The molecule has 0 spiro atoms. The fourth-order valence-corrected chi connectivity index (χ4v) is 2.89. The Kier molecular flexibility index (Phi) is 6.23. The largest absolute Gasteiger partial charge is 0.495 e. The highest BCUT2D eigenvalue weighted by molar-refractivity contribution is 7.92. The molecule has 0 aliphatic rings. The molecule has 0 saturated heterocycles. The van der Waals surface area contributed by atoms with E-state index in [4.69, 9.17) is 9.84 Å². The fourth-order valence-electron chi connectivity index (χ4n) is 1.63. The summed E-state index contributed by atoms with van der Waals surface area (Å²) in [5.41, 5.74) is 0.854. The van der Waals surface area contributed by atoms with Gasteiger partial charge in [0.1, 0.15) is 5.75 Å². The van der Waals surface area contributed by atoms with E-state index >= 15 is 0 Å². The number of nitrogens with one attached hydrogen (secondary N) is 1. The Morgan fingerprint density at radius 1 is 1.43 bits per heavy atom. The lowest BCUT2D eigenvalue weighted by Crippen LogP contribution is -2.17. The van der Waals surface area contributed by atoms with Crippen LogP contribution in [0.5, 0.6) is 5.75 Å². The number of hydrogen-bond acceptors (Lipinski definition) is 4. The number of anilines is 1. The average molecular weight is 313 g/mol. The van der Waals surface area contributed by atoms with E-state index < -0.39 is 16.0 Å². The molecule has 0 atom stereocenters. The second-order valence-corrected chi connectivity index (χ2v) is 6.25. The van der Waals surface area contributed by atoms with Crippen molar-refractivity contribution in [2.45, 2.75) is 19.8 Å². The van der Waals surface area contributed by atoms with Crippen LogP contribution in [0.4, 0.5) is 5.69 Å². The van der Waals surface area contributed by atoms with Crippen LogP contribution in [0.15, 0.2) is 24.3 Å². The molecule has 0 fully saturated rings. The number of unbranched alkanes of at least 4 members (excludes halogenated alkanes) is 1. The lowest BCUT2D eigenvalue weighted by molar-refractivity contribution is -0.131. The van der Waals surface area contributed by atoms with Gasteiger partial charge in [-0.1, -0.05) is 19.4 Å². The minimum Gasteiger partial charge on any atom is -0.495 e. The van der Waals surface area contributed by atoms with Crippen molar-refractivity contribution in [3.63, 3.8) is 0 Å². The molecule has 0 bridgehead atoms. The molecule has 0 heterocycles. The molecule has 1 aromatic carbocycles. The first-order valence-corrected chi connectivity index (χ1v) is 8.12. The lowest BCUT2D eigenvalue weighted by Gasteiger charge is -2.12. The molecule has 0 aliphatic heterocycles. The number of sulfonamides is 1. The van der Waals surface area contributed by atoms with E-state index in [1.165, 1.54) is 19.3 Å². The number of carboxylic acids is 1. The molecule has 0 unspecified atom stereocenters. The van der Waals surface area contributed by atoms with Crippen LogP contribution in [-0.2, 0) is 14.8 Å². The molecule has 6 nitrogen and oxygen atoms in total. The van der Waals surface area contributed by atoms with Crippen LogP contribution in [0.1, 0.15) is 25.3 Å². The van der Waals surface area contributed by atoms with Crippen molar-refractivity contribution in [1.82, 2.24) is 0 Å².